The number of ether oxygens (including phenoxy) is 1. The van der Waals surface area contributed by atoms with Gasteiger partial charge in [0.15, 0.2) is 0 Å². The monoisotopic (exact) mass is 281 g/mol. The summed E-state index contributed by atoms with van der Waals surface area (Å²) in [5.41, 5.74) is 9.53. The highest BCUT2D eigenvalue weighted by molar-refractivity contribution is 5.83. The Morgan fingerprint density at radius 3 is 2.48 bits per heavy atom. The van der Waals surface area contributed by atoms with Crippen molar-refractivity contribution in [3.05, 3.63) is 65.4 Å². The van der Waals surface area contributed by atoms with Gasteiger partial charge in [-0.25, -0.2) is 0 Å². The lowest BCUT2D eigenvalue weighted by atomic mass is 9.96. The van der Waals surface area contributed by atoms with Crippen LogP contribution < -0.4 is 10.5 Å². The molecule has 2 aromatic carbocycles. The number of hydrogen-bond acceptors (Lipinski definition) is 3. The van der Waals surface area contributed by atoms with Crippen LogP contribution in [0.1, 0.15) is 29.9 Å². The number of para-hydroxylation sites is 1. The molecule has 1 aromatic heterocycles. The second-order valence-electron chi connectivity index (χ2n) is 5.04. The third kappa shape index (κ3) is 2.41. The van der Waals surface area contributed by atoms with E-state index in [0.29, 0.717) is 0 Å². The van der Waals surface area contributed by atoms with E-state index in [1.54, 1.807) is 7.11 Å². The molecule has 0 fully saturated rings. The van der Waals surface area contributed by atoms with E-state index in [1.807, 2.05) is 42.5 Å². The van der Waals surface area contributed by atoms with Crippen LogP contribution in [0.4, 0.5) is 0 Å². The summed E-state index contributed by atoms with van der Waals surface area (Å²) in [4.78, 5) is 0. The summed E-state index contributed by atoms with van der Waals surface area (Å²) in [5.74, 6) is 1.79. The van der Waals surface area contributed by atoms with E-state index in [9.17, 15) is 0 Å². The zero-order valence-corrected chi connectivity index (χ0v) is 12.3. The Morgan fingerprint density at radius 2 is 1.81 bits per heavy atom. The van der Waals surface area contributed by atoms with Gasteiger partial charge in [-0.15, -0.1) is 0 Å². The molecule has 0 bridgehead atoms. The first kappa shape index (κ1) is 13.7. The van der Waals surface area contributed by atoms with Crippen LogP contribution in [0.3, 0.4) is 0 Å². The van der Waals surface area contributed by atoms with Gasteiger partial charge in [-0.1, -0.05) is 37.3 Å². The van der Waals surface area contributed by atoms with Crippen molar-refractivity contribution in [2.75, 3.05) is 7.11 Å². The van der Waals surface area contributed by atoms with E-state index >= 15 is 0 Å². The van der Waals surface area contributed by atoms with Crippen molar-refractivity contribution in [2.45, 2.75) is 19.4 Å². The van der Waals surface area contributed by atoms with E-state index in [1.165, 1.54) is 0 Å². The summed E-state index contributed by atoms with van der Waals surface area (Å²) in [6, 6.07) is 15.7. The molecule has 1 atom stereocenters. The number of rotatable bonds is 4. The van der Waals surface area contributed by atoms with E-state index in [-0.39, 0.29) is 6.04 Å². The molecular formula is C18H19NO2. The van der Waals surface area contributed by atoms with Gasteiger partial charge in [0.1, 0.15) is 17.1 Å². The highest BCUT2D eigenvalue weighted by Gasteiger charge is 2.20. The van der Waals surface area contributed by atoms with E-state index in [4.69, 9.17) is 14.9 Å². The molecule has 0 spiro atoms. The maximum absolute atomic E-state index is 6.49. The topological polar surface area (TPSA) is 48.4 Å². The molecule has 0 saturated heterocycles. The quantitative estimate of drug-likeness (QED) is 0.784. The predicted molar refractivity (Wildman–Crippen MR) is 84.6 cm³/mol. The average Bonchev–Trinajstić information content (AvgIpc) is 2.92. The van der Waals surface area contributed by atoms with Gasteiger partial charge in [-0.2, -0.15) is 0 Å². The van der Waals surface area contributed by atoms with Crippen molar-refractivity contribution in [2.24, 2.45) is 5.73 Å². The van der Waals surface area contributed by atoms with Gasteiger partial charge in [0, 0.05) is 17.4 Å². The number of fused-ring (bicyclic) bond motifs is 1. The summed E-state index contributed by atoms with van der Waals surface area (Å²) in [6.45, 7) is 2.09. The second kappa shape index (κ2) is 5.62. The molecule has 108 valence electrons. The van der Waals surface area contributed by atoms with Crippen LogP contribution in [0, 0.1) is 0 Å². The molecule has 0 aliphatic rings. The third-order valence-corrected chi connectivity index (χ3v) is 3.82. The molecule has 0 aliphatic heterocycles. The molecule has 21 heavy (non-hydrogen) atoms. The molecule has 0 amide bonds. The summed E-state index contributed by atoms with van der Waals surface area (Å²) in [7, 11) is 1.66. The summed E-state index contributed by atoms with van der Waals surface area (Å²) < 4.78 is 11.1. The number of methoxy groups -OCH3 is 1. The summed E-state index contributed by atoms with van der Waals surface area (Å²) in [5, 5.41) is 1.10. The van der Waals surface area contributed by atoms with Crippen LogP contribution >= 0.6 is 0 Å². The van der Waals surface area contributed by atoms with Crippen molar-refractivity contribution in [1.29, 1.82) is 0 Å². The van der Waals surface area contributed by atoms with Gasteiger partial charge >= 0.3 is 0 Å². The molecule has 0 saturated carbocycles. The van der Waals surface area contributed by atoms with Crippen molar-refractivity contribution < 1.29 is 9.15 Å². The normalized spacial score (nSPS) is 12.5. The molecule has 2 N–H and O–H groups in total. The molecule has 3 aromatic rings. The van der Waals surface area contributed by atoms with Crippen LogP contribution in [0.5, 0.6) is 5.75 Å². The summed E-state index contributed by atoms with van der Waals surface area (Å²) >= 11 is 0. The van der Waals surface area contributed by atoms with Gasteiger partial charge in [0.25, 0.3) is 0 Å². The first-order valence-corrected chi connectivity index (χ1v) is 7.14. The Balaban J connectivity index is 2.09. The molecule has 0 radical (unpaired) electrons. The molecular weight excluding hydrogens is 262 g/mol. The third-order valence-electron chi connectivity index (χ3n) is 3.82. The average molecular weight is 281 g/mol. The minimum atomic E-state index is -0.200. The van der Waals surface area contributed by atoms with E-state index in [0.717, 1.165) is 40.0 Å². The number of benzene rings is 2. The molecule has 1 heterocycles. The highest BCUT2D eigenvalue weighted by Crippen LogP contribution is 2.33. The smallest absolute Gasteiger partial charge is 0.134 e. The maximum Gasteiger partial charge on any atom is 0.134 e. The Morgan fingerprint density at radius 1 is 1.10 bits per heavy atom. The van der Waals surface area contributed by atoms with Crippen LogP contribution in [0.2, 0.25) is 0 Å². The Bertz CT molecular complexity index is 744. The molecule has 0 aliphatic carbocycles. The van der Waals surface area contributed by atoms with Gasteiger partial charge < -0.3 is 14.9 Å². The zero-order valence-electron chi connectivity index (χ0n) is 12.3. The molecule has 3 heteroatoms. The van der Waals surface area contributed by atoms with Crippen LogP contribution in [-0.4, -0.2) is 7.11 Å². The van der Waals surface area contributed by atoms with Crippen molar-refractivity contribution in [1.82, 2.24) is 0 Å². The van der Waals surface area contributed by atoms with Crippen molar-refractivity contribution in [3.8, 4) is 5.75 Å². The second-order valence-corrected chi connectivity index (χ2v) is 5.04. The Labute approximate surface area is 124 Å². The number of hydrogen-bond donors (Lipinski definition) is 1. The lowest BCUT2D eigenvalue weighted by molar-refractivity contribution is 0.414. The standard InChI is InChI=1S/C18H19NO2/c1-3-15-17(14-6-4-5-7-16(14)21-15)18(19)12-8-10-13(20-2)11-9-12/h4-11,18H,3,19H2,1-2H3. The number of aryl methyl sites for hydroxylation is 1. The van der Waals surface area contributed by atoms with Gasteiger partial charge in [-0.3, -0.25) is 0 Å². The van der Waals surface area contributed by atoms with Crippen LogP contribution in [0.15, 0.2) is 52.9 Å². The molecule has 1 unspecified atom stereocenters. The maximum atomic E-state index is 6.49. The number of furan rings is 1. The van der Waals surface area contributed by atoms with Gasteiger partial charge in [0.05, 0.1) is 13.2 Å². The Hall–Kier alpha value is -2.26. The zero-order chi connectivity index (χ0) is 14.8. The van der Waals surface area contributed by atoms with E-state index < -0.39 is 0 Å². The first-order valence-electron chi connectivity index (χ1n) is 7.14. The van der Waals surface area contributed by atoms with Crippen molar-refractivity contribution >= 4 is 11.0 Å². The lowest BCUT2D eigenvalue weighted by Crippen LogP contribution is -2.13. The fourth-order valence-electron chi connectivity index (χ4n) is 2.70. The first-order chi connectivity index (χ1) is 10.2. The molecule has 3 rings (SSSR count). The Kier molecular flexibility index (Phi) is 3.67. The minimum Gasteiger partial charge on any atom is -0.497 e. The van der Waals surface area contributed by atoms with E-state index in [2.05, 4.69) is 13.0 Å². The lowest BCUT2D eigenvalue weighted by Gasteiger charge is -2.13. The molecule has 3 nitrogen and oxygen atoms in total. The van der Waals surface area contributed by atoms with Gasteiger partial charge in [0.2, 0.25) is 0 Å². The highest BCUT2D eigenvalue weighted by atomic mass is 16.5. The largest absolute Gasteiger partial charge is 0.497 e. The van der Waals surface area contributed by atoms with Crippen LogP contribution in [0.25, 0.3) is 11.0 Å². The fourth-order valence-corrected chi connectivity index (χ4v) is 2.70. The predicted octanol–water partition coefficient (Wildman–Crippen LogP) is 4.05. The SMILES string of the molecule is CCc1oc2ccccc2c1C(N)c1ccc(OC)cc1. The van der Waals surface area contributed by atoms with Crippen LogP contribution in [-0.2, 0) is 6.42 Å². The fraction of sp³-hybridized carbons (Fsp3) is 0.222. The van der Waals surface area contributed by atoms with Crippen molar-refractivity contribution in [3.63, 3.8) is 0 Å². The number of nitrogens with two attached hydrogens (primary N) is 1. The summed E-state index contributed by atoms with van der Waals surface area (Å²) in [6.07, 6.45) is 0.827. The minimum absolute atomic E-state index is 0.200. The van der Waals surface area contributed by atoms with Gasteiger partial charge in [-0.05, 0) is 23.8 Å².